The largest absolute Gasteiger partial charge is 0.481 e. The number of ketones is 1. The molecule has 0 amide bonds. The van der Waals surface area contributed by atoms with E-state index >= 15 is 0 Å². The van der Waals surface area contributed by atoms with Crippen molar-refractivity contribution in [2.24, 2.45) is 39.6 Å². The number of hydrogen-bond acceptors (Lipinski definition) is 8. The Labute approximate surface area is 243 Å². The molecule has 10 heteroatoms. The number of nitro benzene ring substituents is 1. The van der Waals surface area contributed by atoms with E-state index in [-0.39, 0.29) is 47.3 Å². The first-order valence-corrected chi connectivity index (χ1v) is 15.2. The molecule has 0 heterocycles. The van der Waals surface area contributed by atoms with Crippen LogP contribution in [-0.2, 0) is 9.59 Å². The number of carboxylic acid groups (broad SMARTS) is 1. The van der Waals surface area contributed by atoms with Crippen LogP contribution in [0.25, 0.3) is 0 Å². The number of rotatable bonds is 10. The van der Waals surface area contributed by atoms with Crippen LogP contribution in [0.2, 0.25) is 0 Å². The van der Waals surface area contributed by atoms with E-state index in [4.69, 9.17) is 10.8 Å². The summed E-state index contributed by atoms with van der Waals surface area (Å²) in [6, 6.07) is 4.22. The van der Waals surface area contributed by atoms with Crippen molar-refractivity contribution in [1.29, 1.82) is 0 Å². The topological polar surface area (TPSA) is 168 Å². The van der Waals surface area contributed by atoms with Crippen molar-refractivity contribution in [1.82, 2.24) is 0 Å². The number of hydrazone groups is 1. The molecule has 3 aliphatic carbocycles. The Morgan fingerprint density at radius 2 is 1.93 bits per heavy atom. The van der Waals surface area contributed by atoms with Crippen LogP contribution in [0.1, 0.15) is 98.3 Å². The number of nitro groups is 1. The van der Waals surface area contributed by atoms with E-state index < -0.39 is 22.4 Å². The van der Waals surface area contributed by atoms with E-state index in [1.165, 1.54) is 18.2 Å². The predicted octanol–water partition coefficient (Wildman–Crippen LogP) is 6.42. The Hall–Kier alpha value is -3.01. The maximum Gasteiger partial charge on any atom is 0.303 e. The maximum absolute atomic E-state index is 13.3. The Balaban J connectivity index is 0.00000226. The smallest absolute Gasteiger partial charge is 0.303 e. The molecule has 3 aliphatic rings. The number of carbonyl (C=O) groups is 2. The monoisotopic (exact) mass is 572 g/mol. The number of nitrogens with zero attached hydrogens (tertiary/aromatic N) is 2. The molecule has 10 nitrogen and oxygen atoms in total. The number of hydrogen-bond donors (Lipinski definition) is 4. The number of nitrogens with two attached hydrogens (primary N) is 1. The van der Waals surface area contributed by atoms with Crippen molar-refractivity contribution in [3.8, 4) is 0 Å². The number of aliphatic hydroxyl groups is 1. The van der Waals surface area contributed by atoms with Crippen LogP contribution in [0.15, 0.2) is 23.3 Å². The number of non-ortho nitro benzene ring substituents is 1. The third-order valence-corrected chi connectivity index (χ3v) is 10.3. The Kier molecular flexibility index (Phi) is 10.9. The summed E-state index contributed by atoms with van der Waals surface area (Å²) in [5.74, 6) is 0.695. The second-order valence-corrected chi connectivity index (χ2v) is 12.4. The van der Waals surface area contributed by atoms with Crippen LogP contribution in [-0.4, -0.2) is 39.2 Å². The fraction of sp³-hybridized carbons (Fsp3) is 0.710. The molecule has 0 saturated heterocycles. The number of nitrogen functional groups attached to an aromatic ring is 1. The Bertz CT molecular complexity index is 1130. The number of nitrogens with one attached hydrogen (secondary N) is 1. The number of Topliss-reactive ketones (excluding diaryl/α,β-unsaturated/α-hetero) is 1. The molecule has 1 aromatic rings. The highest BCUT2D eigenvalue weighted by molar-refractivity contribution is 5.86. The summed E-state index contributed by atoms with van der Waals surface area (Å²) in [6.45, 7) is 8.45. The molecule has 0 aromatic heterocycles. The minimum atomic E-state index is -0.750. The van der Waals surface area contributed by atoms with Crippen molar-refractivity contribution in [3.05, 3.63) is 28.3 Å². The zero-order valence-electron chi connectivity index (χ0n) is 25.0. The summed E-state index contributed by atoms with van der Waals surface area (Å²) in [5.41, 5.74) is 9.16. The first-order valence-electron chi connectivity index (χ1n) is 15.2. The van der Waals surface area contributed by atoms with E-state index in [9.17, 15) is 24.8 Å². The SMILES string of the molecule is CC.C[C@]1(C2CC[C@@]3(C)C(CC[C@@H]3CCCC(=O)O)C2CC=NNc2ccc([N+](=O)[O-])cc2N)CC[C@H](O)CC1=O. The van der Waals surface area contributed by atoms with Gasteiger partial charge >= 0.3 is 5.97 Å². The molecular formula is C31H48N4O6. The van der Waals surface area contributed by atoms with Crippen molar-refractivity contribution in [2.75, 3.05) is 11.2 Å². The molecule has 3 fully saturated rings. The van der Waals surface area contributed by atoms with Crippen LogP contribution in [0.4, 0.5) is 17.1 Å². The summed E-state index contributed by atoms with van der Waals surface area (Å²) < 4.78 is 0. The molecule has 0 radical (unpaired) electrons. The number of carbonyl (C=O) groups excluding carboxylic acids is 1. The van der Waals surface area contributed by atoms with E-state index in [0.717, 1.165) is 32.1 Å². The van der Waals surface area contributed by atoms with Gasteiger partial charge in [-0.3, -0.25) is 25.1 Å². The van der Waals surface area contributed by atoms with Crippen LogP contribution >= 0.6 is 0 Å². The van der Waals surface area contributed by atoms with Crippen molar-refractivity contribution in [3.63, 3.8) is 0 Å². The van der Waals surface area contributed by atoms with E-state index in [1.807, 2.05) is 20.1 Å². The number of fused-ring (bicyclic) bond motifs is 1. The average Bonchev–Trinajstić information content (AvgIpc) is 3.26. The van der Waals surface area contributed by atoms with Crippen molar-refractivity contribution < 1.29 is 24.7 Å². The van der Waals surface area contributed by atoms with Crippen molar-refractivity contribution in [2.45, 2.75) is 104 Å². The van der Waals surface area contributed by atoms with Gasteiger partial charge < -0.3 is 15.9 Å². The van der Waals surface area contributed by atoms with Gasteiger partial charge in [0.15, 0.2) is 0 Å². The molecule has 3 saturated carbocycles. The van der Waals surface area contributed by atoms with E-state index in [1.54, 1.807) is 0 Å². The average molecular weight is 573 g/mol. The summed E-state index contributed by atoms with van der Waals surface area (Å²) in [5, 5.41) is 34.7. The fourth-order valence-corrected chi connectivity index (χ4v) is 8.09. The van der Waals surface area contributed by atoms with Gasteiger partial charge in [0.25, 0.3) is 5.69 Å². The highest BCUT2D eigenvalue weighted by Crippen LogP contribution is 2.64. The van der Waals surface area contributed by atoms with Gasteiger partial charge in [0.05, 0.1) is 22.4 Å². The standard InChI is InChI=1S/C29H42N4O6.C2H6/c1-28-14-11-23(29(2)13-10-20(34)17-26(29)35)21(22(28)8-6-18(28)4-3-5-27(36)37)12-15-31-32-25-9-7-19(33(38)39)16-24(25)30;1-2/h7,9,15-16,18,20-23,32,34H,3-6,8,10-14,17,30H2,1-2H3,(H,36,37);1-2H3/t18-,20-,21?,22?,23?,28+,29+;/m0./s1. The quantitative estimate of drug-likeness (QED) is 0.108. The lowest BCUT2D eigenvalue weighted by atomic mass is 9.50. The lowest BCUT2D eigenvalue weighted by molar-refractivity contribution is -0.384. The second kappa shape index (κ2) is 13.8. The molecule has 4 rings (SSSR count). The molecule has 0 spiro atoms. The Morgan fingerprint density at radius 1 is 1.20 bits per heavy atom. The van der Waals surface area contributed by atoms with Gasteiger partial charge in [0, 0.05) is 36.6 Å². The first kappa shape index (κ1) is 32.5. The molecule has 1 aromatic carbocycles. The number of anilines is 2. The lowest BCUT2D eigenvalue weighted by Crippen LogP contribution is -2.51. The number of benzene rings is 1. The molecule has 3 unspecified atom stereocenters. The molecule has 0 aliphatic heterocycles. The highest BCUT2D eigenvalue weighted by Gasteiger charge is 2.58. The second-order valence-electron chi connectivity index (χ2n) is 12.4. The van der Waals surface area contributed by atoms with Gasteiger partial charge in [-0.05, 0) is 92.9 Å². The van der Waals surface area contributed by atoms with Gasteiger partial charge in [0.1, 0.15) is 5.78 Å². The van der Waals surface area contributed by atoms with Gasteiger partial charge in [-0.25, -0.2) is 0 Å². The van der Waals surface area contributed by atoms with Gasteiger partial charge in [-0.1, -0.05) is 27.7 Å². The lowest BCUT2D eigenvalue weighted by Gasteiger charge is -2.54. The van der Waals surface area contributed by atoms with Gasteiger partial charge in [-0.2, -0.15) is 5.10 Å². The third kappa shape index (κ3) is 7.08. The van der Waals surface area contributed by atoms with Gasteiger partial charge in [0.2, 0.25) is 0 Å². The minimum absolute atomic E-state index is 0.0824. The molecule has 228 valence electrons. The number of aliphatic carboxylic acids is 1. The normalized spacial score (nSPS) is 33.1. The maximum atomic E-state index is 13.3. The van der Waals surface area contributed by atoms with Crippen LogP contribution in [0.5, 0.6) is 0 Å². The highest BCUT2D eigenvalue weighted by atomic mass is 16.6. The molecule has 41 heavy (non-hydrogen) atoms. The van der Waals surface area contributed by atoms with Crippen molar-refractivity contribution >= 4 is 35.0 Å². The van der Waals surface area contributed by atoms with Crippen LogP contribution in [0.3, 0.4) is 0 Å². The van der Waals surface area contributed by atoms with E-state index in [2.05, 4.69) is 24.4 Å². The first-order chi connectivity index (χ1) is 19.5. The van der Waals surface area contributed by atoms with Gasteiger partial charge in [-0.15, -0.1) is 0 Å². The zero-order valence-corrected chi connectivity index (χ0v) is 25.0. The minimum Gasteiger partial charge on any atom is -0.481 e. The zero-order chi connectivity index (χ0) is 30.4. The number of aliphatic hydroxyl groups excluding tert-OH is 1. The predicted molar refractivity (Wildman–Crippen MR) is 161 cm³/mol. The summed E-state index contributed by atoms with van der Waals surface area (Å²) in [7, 11) is 0. The third-order valence-electron chi connectivity index (χ3n) is 10.3. The van der Waals surface area contributed by atoms with Crippen LogP contribution in [0, 0.1) is 44.6 Å². The molecule has 0 bridgehead atoms. The Morgan fingerprint density at radius 3 is 2.56 bits per heavy atom. The summed E-state index contributed by atoms with van der Waals surface area (Å²) in [4.78, 5) is 34.9. The fourth-order valence-electron chi connectivity index (χ4n) is 8.09. The molecule has 7 atom stereocenters. The molecular weight excluding hydrogens is 524 g/mol. The van der Waals surface area contributed by atoms with E-state index in [0.29, 0.717) is 43.2 Å². The number of carboxylic acids is 1. The summed E-state index contributed by atoms with van der Waals surface area (Å²) >= 11 is 0. The summed E-state index contributed by atoms with van der Waals surface area (Å²) in [6.07, 6.45) is 9.39. The molecule has 5 N–H and O–H groups in total. The van der Waals surface area contributed by atoms with Crippen LogP contribution < -0.4 is 11.2 Å².